The van der Waals surface area contributed by atoms with E-state index in [1.807, 2.05) is 18.2 Å². The molecule has 1 unspecified atom stereocenters. The molecule has 4 nitrogen and oxygen atoms in total. The van der Waals surface area contributed by atoms with E-state index in [1.165, 1.54) is 0 Å². The number of fused-ring (bicyclic) bond motifs is 1. The van der Waals surface area contributed by atoms with Gasteiger partial charge in [0, 0.05) is 12.0 Å². The molecule has 1 aromatic heterocycles. The lowest BCUT2D eigenvalue weighted by Crippen LogP contribution is -2.22. The monoisotopic (exact) mass is 247 g/mol. The summed E-state index contributed by atoms with van der Waals surface area (Å²) in [6.07, 6.45) is 1.04. The first-order valence-electron chi connectivity index (χ1n) is 6.26. The van der Waals surface area contributed by atoms with Crippen molar-refractivity contribution in [3.63, 3.8) is 0 Å². The zero-order valence-corrected chi connectivity index (χ0v) is 10.4. The van der Waals surface area contributed by atoms with E-state index in [2.05, 4.69) is 11.4 Å². The van der Waals surface area contributed by atoms with Gasteiger partial charge in [-0.1, -0.05) is 12.1 Å². The van der Waals surface area contributed by atoms with Crippen LogP contribution in [0.4, 0.5) is 0 Å². The molecule has 0 amide bonds. The van der Waals surface area contributed by atoms with Gasteiger partial charge in [0.05, 0.1) is 19.8 Å². The third kappa shape index (κ3) is 2.09. The van der Waals surface area contributed by atoms with Gasteiger partial charge >= 0.3 is 0 Å². The van der Waals surface area contributed by atoms with Gasteiger partial charge in [0.25, 0.3) is 0 Å². The van der Waals surface area contributed by atoms with Crippen LogP contribution in [0.3, 0.4) is 0 Å². The summed E-state index contributed by atoms with van der Waals surface area (Å²) in [6, 6.07) is 8.10. The van der Waals surface area contributed by atoms with Crippen molar-refractivity contribution in [2.75, 3.05) is 26.9 Å². The number of furan rings is 1. The maximum atomic E-state index is 5.92. The Labute approximate surface area is 106 Å². The second-order valence-electron chi connectivity index (χ2n) is 4.46. The minimum Gasteiger partial charge on any atom is -0.493 e. The van der Waals surface area contributed by atoms with Crippen LogP contribution in [0, 0.1) is 0 Å². The summed E-state index contributed by atoms with van der Waals surface area (Å²) in [6.45, 7) is 2.42. The van der Waals surface area contributed by atoms with Crippen molar-refractivity contribution in [1.29, 1.82) is 0 Å². The molecule has 18 heavy (non-hydrogen) atoms. The van der Waals surface area contributed by atoms with Gasteiger partial charge < -0.3 is 19.2 Å². The third-order valence-corrected chi connectivity index (χ3v) is 3.23. The fourth-order valence-electron chi connectivity index (χ4n) is 2.28. The molecule has 3 rings (SSSR count). The van der Waals surface area contributed by atoms with Gasteiger partial charge in [0.15, 0.2) is 11.3 Å². The van der Waals surface area contributed by atoms with Crippen LogP contribution in [0.2, 0.25) is 0 Å². The lowest BCUT2D eigenvalue weighted by Gasteiger charge is -2.11. The standard InChI is InChI=1S/C14H17NO3/c1-16-12-5-2-4-10-8-13(18-14(10)12)11-9-17-7-3-6-15-11/h2,4-5,8,11,15H,3,6-7,9H2,1H3. The fourth-order valence-corrected chi connectivity index (χ4v) is 2.28. The summed E-state index contributed by atoms with van der Waals surface area (Å²) in [4.78, 5) is 0. The molecule has 1 aliphatic heterocycles. The van der Waals surface area contributed by atoms with Crippen LogP contribution in [0.1, 0.15) is 18.2 Å². The number of ether oxygens (including phenoxy) is 2. The van der Waals surface area contributed by atoms with Crippen molar-refractivity contribution in [2.24, 2.45) is 0 Å². The van der Waals surface area contributed by atoms with Crippen molar-refractivity contribution in [3.8, 4) is 5.75 Å². The molecule has 1 aliphatic rings. The Bertz CT molecular complexity index is 527. The highest BCUT2D eigenvalue weighted by molar-refractivity contribution is 5.83. The van der Waals surface area contributed by atoms with Crippen LogP contribution in [0.5, 0.6) is 5.75 Å². The fraction of sp³-hybridized carbons (Fsp3) is 0.429. The molecule has 0 aliphatic carbocycles. The molecule has 0 spiro atoms. The Balaban J connectivity index is 1.96. The Morgan fingerprint density at radius 2 is 2.33 bits per heavy atom. The summed E-state index contributed by atoms with van der Waals surface area (Å²) >= 11 is 0. The Kier molecular flexibility index (Phi) is 3.21. The van der Waals surface area contributed by atoms with Crippen molar-refractivity contribution >= 4 is 11.0 Å². The van der Waals surface area contributed by atoms with Crippen LogP contribution in [-0.4, -0.2) is 26.9 Å². The molecule has 1 aromatic carbocycles. The molecule has 96 valence electrons. The summed E-state index contributed by atoms with van der Waals surface area (Å²) < 4.78 is 16.8. The van der Waals surface area contributed by atoms with Crippen molar-refractivity contribution in [2.45, 2.75) is 12.5 Å². The van der Waals surface area contributed by atoms with Gasteiger partial charge in [-0.2, -0.15) is 0 Å². The number of benzene rings is 1. The highest BCUT2D eigenvalue weighted by atomic mass is 16.5. The summed E-state index contributed by atoms with van der Waals surface area (Å²) in [7, 11) is 1.66. The first kappa shape index (κ1) is 11.6. The molecular formula is C14H17NO3. The molecule has 1 fully saturated rings. The van der Waals surface area contributed by atoms with Crippen LogP contribution < -0.4 is 10.1 Å². The van der Waals surface area contributed by atoms with E-state index in [0.29, 0.717) is 6.61 Å². The zero-order chi connectivity index (χ0) is 12.4. The third-order valence-electron chi connectivity index (χ3n) is 3.23. The van der Waals surface area contributed by atoms with Gasteiger partial charge in [-0.15, -0.1) is 0 Å². The van der Waals surface area contributed by atoms with Crippen LogP contribution in [0.25, 0.3) is 11.0 Å². The van der Waals surface area contributed by atoms with Gasteiger partial charge in [-0.25, -0.2) is 0 Å². The van der Waals surface area contributed by atoms with E-state index in [-0.39, 0.29) is 6.04 Å². The maximum Gasteiger partial charge on any atom is 0.176 e. The van der Waals surface area contributed by atoms with E-state index >= 15 is 0 Å². The molecular weight excluding hydrogens is 230 g/mol. The van der Waals surface area contributed by atoms with E-state index in [4.69, 9.17) is 13.9 Å². The number of para-hydroxylation sites is 1. The smallest absolute Gasteiger partial charge is 0.176 e. The van der Waals surface area contributed by atoms with E-state index < -0.39 is 0 Å². The predicted molar refractivity (Wildman–Crippen MR) is 68.9 cm³/mol. The zero-order valence-electron chi connectivity index (χ0n) is 10.4. The van der Waals surface area contributed by atoms with E-state index in [9.17, 15) is 0 Å². The molecule has 1 N–H and O–H groups in total. The minimum atomic E-state index is 0.129. The predicted octanol–water partition coefficient (Wildman–Crippen LogP) is 2.49. The minimum absolute atomic E-state index is 0.129. The Morgan fingerprint density at radius 1 is 1.39 bits per heavy atom. The topological polar surface area (TPSA) is 43.6 Å². The van der Waals surface area contributed by atoms with E-state index in [0.717, 1.165) is 42.1 Å². The molecule has 1 saturated heterocycles. The van der Waals surface area contributed by atoms with Gasteiger partial charge in [0.1, 0.15) is 5.76 Å². The number of nitrogens with one attached hydrogen (secondary N) is 1. The maximum absolute atomic E-state index is 5.92. The second-order valence-corrected chi connectivity index (χ2v) is 4.46. The van der Waals surface area contributed by atoms with Crippen molar-refractivity contribution < 1.29 is 13.9 Å². The second kappa shape index (κ2) is 5.00. The van der Waals surface area contributed by atoms with Gasteiger partial charge in [-0.05, 0) is 25.1 Å². The molecule has 0 bridgehead atoms. The number of hydrogen-bond donors (Lipinski definition) is 1. The molecule has 0 saturated carbocycles. The summed E-state index contributed by atoms with van der Waals surface area (Å²) in [5.41, 5.74) is 0.807. The summed E-state index contributed by atoms with van der Waals surface area (Å²) in [5.74, 6) is 1.68. The average molecular weight is 247 g/mol. The lowest BCUT2D eigenvalue weighted by molar-refractivity contribution is 0.126. The Morgan fingerprint density at radius 3 is 3.22 bits per heavy atom. The van der Waals surface area contributed by atoms with Gasteiger partial charge in [-0.3, -0.25) is 0 Å². The first-order chi connectivity index (χ1) is 8.88. The summed E-state index contributed by atoms with van der Waals surface area (Å²) in [5, 5.41) is 4.50. The number of methoxy groups -OCH3 is 1. The van der Waals surface area contributed by atoms with Crippen molar-refractivity contribution in [1.82, 2.24) is 5.32 Å². The van der Waals surface area contributed by atoms with Crippen LogP contribution >= 0.6 is 0 Å². The van der Waals surface area contributed by atoms with E-state index in [1.54, 1.807) is 7.11 Å². The highest BCUT2D eigenvalue weighted by Crippen LogP contribution is 2.31. The SMILES string of the molecule is COc1cccc2cc(C3COCCCN3)oc12. The first-order valence-corrected chi connectivity index (χ1v) is 6.26. The number of rotatable bonds is 2. The lowest BCUT2D eigenvalue weighted by atomic mass is 10.2. The molecule has 0 radical (unpaired) electrons. The molecule has 2 heterocycles. The van der Waals surface area contributed by atoms with Crippen molar-refractivity contribution in [3.05, 3.63) is 30.0 Å². The Hall–Kier alpha value is -1.52. The largest absolute Gasteiger partial charge is 0.493 e. The average Bonchev–Trinajstić information content (AvgIpc) is 2.65. The van der Waals surface area contributed by atoms with Crippen LogP contribution in [0.15, 0.2) is 28.7 Å². The number of hydrogen-bond acceptors (Lipinski definition) is 4. The normalized spacial score (nSPS) is 20.8. The highest BCUT2D eigenvalue weighted by Gasteiger charge is 2.19. The molecule has 1 atom stereocenters. The van der Waals surface area contributed by atoms with Gasteiger partial charge in [0.2, 0.25) is 0 Å². The quantitative estimate of drug-likeness (QED) is 0.885. The van der Waals surface area contributed by atoms with Crippen LogP contribution in [-0.2, 0) is 4.74 Å². The molecule has 2 aromatic rings. The molecule has 4 heteroatoms.